The number of aliphatic hydroxyl groups excluding tert-OH is 1. The molecule has 1 aliphatic carbocycles. The molecule has 0 unspecified atom stereocenters. The van der Waals surface area contributed by atoms with E-state index in [1.807, 2.05) is 0 Å². The van der Waals surface area contributed by atoms with Gasteiger partial charge in [-0.15, -0.1) is 0 Å². The number of hydrogen-bond acceptors (Lipinski definition) is 1. The van der Waals surface area contributed by atoms with Gasteiger partial charge in [-0.25, -0.2) is 8.78 Å². The lowest BCUT2D eigenvalue weighted by Crippen LogP contribution is -2.14. The van der Waals surface area contributed by atoms with Crippen LogP contribution in [0.15, 0.2) is 18.2 Å². The van der Waals surface area contributed by atoms with E-state index in [-0.39, 0.29) is 6.61 Å². The highest BCUT2D eigenvalue weighted by atomic mass is 19.1. The third kappa shape index (κ3) is 1.33. The molecule has 1 saturated carbocycles. The summed E-state index contributed by atoms with van der Waals surface area (Å²) in [5.74, 6) is -0.871. The van der Waals surface area contributed by atoms with Crippen molar-refractivity contribution in [3.05, 3.63) is 35.4 Å². The molecular weight excluding hydrogens is 174 g/mol. The van der Waals surface area contributed by atoms with Crippen LogP contribution in [0.3, 0.4) is 0 Å². The predicted molar refractivity (Wildman–Crippen MR) is 44.4 cm³/mol. The fraction of sp³-hybridized carbons (Fsp3) is 0.400. The maximum Gasteiger partial charge on any atom is 0.127 e. The smallest absolute Gasteiger partial charge is 0.127 e. The van der Waals surface area contributed by atoms with Gasteiger partial charge in [0.05, 0.1) is 6.61 Å². The highest BCUT2D eigenvalue weighted by molar-refractivity contribution is 5.33. The lowest BCUT2D eigenvalue weighted by Gasteiger charge is -2.12. The maximum absolute atomic E-state index is 13.2. The second-order valence-corrected chi connectivity index (χ2v) is 3.56. The Bertz CT molecular complexity index is 332. The Balaban J connectivity index is 2.44. The monoisotopic (exact) mass is 184 g/mol. The second-order valence-electron chi connectivity index (χ2n) is 3.56. The van der Waals surface area contributed by atoms with Crippen LogP contribution in [-0.2, 0) is 5.41 Å². The fourth-order valence-corrected chi connectivity index (χ4v) is 1.57. The van der Waals surface area contributed by atoms with Crippen molar-refractivity contribution in [2.24, 2.45) is 0 Å². The van der Waals surface area contributed by atoms with Crippen LogP contribution >= 0.6 is 0 Å². The summed E-state index contributed by atoms with van der Waals surface area (Å²) in [5.41, 5.74) is -0.179. The molecule has 3 heteroatoms. The van der Waals surface area contributed by atoms with E-state index in [0.29, 0.717) is 5.56 Å². The van der Waals surface area contributed by atoms with Gasteiger partial charge >= 0.3 is 0 Å². The Morgan fingerprint density at radius 2 is 2.00 bits per heavy atom. The molecule has 0 amide bonds. The van der Waals surface area contributed by atoms with Crippen molar-refractivity contribution in [1.82, 2.24) is 0 Å². The van der Waals surface area contributed by atoms with Crippen molar-refractivity contribution in [3.8, 4) is 0 Å². The van der Waals surface area contributed by atoms with Crippen molar-refractivity contribution in [2.45, 2.75) is 18.3 Å². The molecule has 1 aliphatic rings. The van der Waals surface area contributed by atoms with E-state index >= 15 is 0 Å². The highest BCUT2D eigenvalue weighted by Crippen LogP contribution is 2.48. The molecule has 0 aromatic heterocycles. The van der Waals surface area contributed by atoms with Crippen LogP contribution in [0.1, 0.15) is 18.4 Å². The van der Waals surface area contributed by atoms with E-state index in [9.17, 15) is 8.78 Å². The van der Waals surface area contributed by atoms with E-state index in [4.69, 9.17) is 5.11 Å². The Morgan fingerprint density at radius 1 is 1.31 bits per heavy atom. The minimum atomic E-state index is -0.494. The molecule has 0 atom stereocenters. The van der Waals surface area contributed by atoms with Gasteiger partial charge < -0.3 is 5.11 Å². The van der Waals surface area contributed by atoms with Crippen LogP contribution in [0.4, 0.5) is 8.78 Å². The van der Waals surface area contributed by atoms with Gasteiger partial charge in [-0.05, 0) is 36.6 Å². The normalized spacial score (nSPS) is 18.7. The van der Waals surface area contributed by atoms with Gasteiger partial charge in [-0.2, -0.15) is 0 Å². The molecule has 0 saturated heterocycles. The molecule has 0 spiro atoms. The van der Waals surface area contributed by atoms with Gasteiger partial charge in [0.15, 0.2) is 0 Å². The van der Waals surface area contributed by atoms with Crippen LogP contribution in [0.2, 0.25) is 0 Å². The van der Waals surface area contributed by atoms with E-state index in [2.05, 4.69) is 0 Å². The van der Waals surface area contributed by atoms with Crippen LogP contribution in [-0.4, -0.2) is 11.7 Å². The number of aliphatic hydroxyl groups is 1. The maximum atomic E-state index is 13.2. The summed E-state index contributed by atoms with van der Waals surface area (Å²) in [5, 5.41) is 9.04. The minimum absolute atomic E-state index is 0.104. The second kappa shape index (κ2) is 2.77. The van der Waals surface area contributed by atoms with E-state index in [1.165, 1.54) is 6.07 Å². The lowest BCUT2D eigenvalue weighted by molar-refractivity contribution is 0.251. The van der Waals surface area contributed by atoms with Crippen molar-refractivity contribution >= 4 is 0 Å². The van der Waals surface area contributed by atoms with Crippen molar-refractivity contribution in [1.29, 1.82) is 0 Å². The molecule has 1 N–H and O–H groups in total. The van der Waals surface area contributed by atoms with E-state index in [0.717, 1.165) is 25.0 Å². The zero-order chi connectivity index (χ0) is 9.47. The van der Waals surface area contributed by atoms with Crippen LogP contribution in [0, 0.1) is 11.6 Å². The summed E-state index contributed by atoms with van der Waals surface area (Å²) in [6.45, 7) is -0.104. The van der Waals surface area contributed by atoms with Crippen molar-refractivity contribution in [2.75, 3.05) is 6.61 Å². The molecule has 0 bridgehead atoms. The Hall–Kier alpha value is -0.960. The summed E-state index contributed by atoms with van der Waals surface area (Å²) < 4.78 is 26.0. The topological polar surface area (TPSA) is 20.2 Å². The van der Waals surface area contributed by atoms with Gasteiger partial charge in [-0.1, -0.05) is 0 Å². The molecule has 0 heterocycles. The first-order valence-electron chi connectivity index (χ1n) is 4.24. The molecule has 1 aromatic carbocycles. The quantitative estimate of drug-likeness (QED) is 0.745. The predicted octanol–water partition coefficient (Wildman–Crippen LogP) is 1.99. The standard InChI is InChI=1S/C10H10F2O/c11-7-1-2-9(12)8(5-7)10(6-13)3-4-10/h1-2,5,13H,3-4,6H2. The molecule has 70 valence electrons. The van der Waals surface area contributed by atoms with Gasteiger partial charge in [0.2, 0.25) is 0 Å². The molecule has 1 fully saturated rings. The molecule has 0 radical (unpaired) electrons. The molecule has 2 rings (SSSR count). The Morgan fingerprint density at radius 3 is 2.54 bits per heavy atom. The first kappa shape index (κ1) is 8.63. The summed E-state index contributed by atoms with van der Waals surface area (Å²) in [6.07, 6.45) is 1.48. The third-order valence-electron chi connectivity index (χ3n) is 2.66. The minimum Gasteiger partial charge on any atom is -0.395 e. The first-order chi connectivity index (χ1) is 6.18. The number of halogens is 2. The van der Waals surface area contributed by atoms with Gasteiger partial charge in [0.1, 0.15) is 11.6 Å². The van der Waals surface area contributed by atoms with Gasteiger partial charge in [0.25, 0.3) is 0 Å². The van der Waals surface area contributed by atoms with Crippen LogP contribution in [0.25, 0.3) is 0 Å². The molecule has 1 nitrogen and oxygen atoms in total. The molecule has 13 heavy (non-hydrogen) atoms. The highest BCUT2D eigenvalue weighted by Gasteiger charge is 2.45. The van der Waals surface area contributed by atoms with Gasteiger partial charge in [0, 0.05) is 5.41 Å². The summed E-state index contributed by atoms with van der Waals surface area (Å²) in [7, 11) is 0. The summed E-state index contributed by atoms with van der Waals surface area (Å²) in [4.78, 5) is 0. The SMILES string of the molecule is OCC1(c2cc(F)ccc2F)CC1. The largest absolute Gasteiger partial charge is 0.395 e. The zero-order valence-electron chi connectivity index (χ0n) is 7.06. The fourth-order valence-electron chi connectivity index (χ4n) is 1.57. The summed E-state index contributed by atoms with van der Waals surface area (Å²) in [6, 6.07) is 3.38. The lowest BCUT2D eigenvalue weighted by atomic mass is 9.96. The number of rotatable bonds is 2. The van der Waals surface area contributed by atoms with E-state index < -0.39 is 17.0 Å². The van der Waals surface area contributed by atoms with Crippen LogP contribution in [0.5, 0.6) is 0 Å². The van der Waals surface area contributed by atoms with Crippen molar-refractivity contribution in [3.63, 3.8) is 0 Å². The molecular formula is C10H10F2O. The van der Waals surface area contributed by atoms with Gasteiger partial charge in [-0.3, -0.25) is 0 Å². The third-order valence-corrected chi connectivity index (χ3v) is 2.66. The average Bonchev–Trinajstić information content (AvgIpc) is 2.90. The Kier molecular flexibility index (Phi) is 1.84. The number of benzene rings is 1. The van der Waals surface area contributed by atoms with Crippen LogP contribution < -0.4 is 0 Å². The van der Waals surface area contributed by atoms with E-state index in [1.54, 1.807) is 0 Å². The zero-order valence-corrected chi connectivity index (χ0v) is 7.06. The number of hydrogen-bond donors (Lipinski definition) is 1. The van der Waals surface area contributed by atoms with Crippen molar-refractivity contribution < 1.29 is 13.9 Å². The molecule has 0 aliphatic heterocycles. The Labute approximate surface area is 75.0 Å². The first-order valence-corrected chi connectivity index (χ1v) is 4.24. The summed E-state index contributed by atoms with van der Waals surface area (Å²) >= 11 is 0. The molecule has 1 aromatic rings. The average molecular weight is 184 g/mol.